The second-order valence-corrected chi connectivity index (χ2v) is 6.44. The molecule has 0 spiro atoms. The van der Waals surface area contributed by atoms with Gasteiger partial charge < -0.3 is 15.5 Å². The Morgan fingerprint density at radius 2 is 2.00 bits per heavy atom. The first kappa shape index (κ1) is 16.7. The molecule has 0 radical (unpaired) electrons. The van der Waals surface area contributed by atoms with Gasteiger partial charge in [-0.25, -0.2) is 4.98 Å². The Bertz CT molecular complexity index is 637. The molecule has 5 nitrogen and oxygen atoms in total. The van der Waals surface area contributed by atoms with E-state index in [0.717, 1.165) is 24.5 Å². The van der Waals surface area contributed by atoms with Crippen LogP contribution in [0.3, 0.4) is 0 Å². The minimum absolute atomic E-state index is 0.627. The summed E-state index contributed by atoms with van der Waals surface area (Å²) in [6.07, 6.45) is 7.04. The van der Waals surface area contributed by atoms with Gasteiger partial charge >= 0.3 is 0 Å². The number of nitrogens with one attached hydrogen (secondary N) is 2. The highest BCUT2D eigenvalue weighted by molar-refractivity contribution is 5.55. The number of aromatic nitrogens is 2. The van der Waals surface area contributed by atoms with E-state index >= 15 is 0 Å². The second kappa shape index (κ2) is 8.64. The van der Waals surface area contributed by atoms with E-state index in [-0.39, 0.29) is 0 Å². The van der Waals surface area contributed by atoms with Crippen molar-refractivity contribution in [2.24, 2.45) is 0 Å². The molecule has 0 bridgehead atoms. The highest BCUT2D eigenvalue weighted by atomic mass is 15.1. The summed E-state index contributed by atoms with van der Waals surface area (Å²) in [5.74, 6) is 1.50. The van der Waals surface area contributed by atoms with Crippen molar-refractivity contribution in [1.29, 1.82) is 0 Å². The number of likely N-dealkylation sites (tertiary alicyclic amines) is 1. The number of anilines is 3. The third-order valence-electron chi connectivity index (χ3n) is 4.34. The minimum atomic E-state index is 0.627. The van der Waals surface area contributed by atoms with Gasteiger partial charge in [0, 0.05) is 18.4 Å². The zero-order chi connectivity index (χ0) is 16.6. The lowest BCUT2D eigenvalue weighted by atomic mass is 10.1. The Hall–Kier alpha value is -2.14. The van der Waals surface area contributed by atoms with Crippen LogP contribution in [0.25, 0.3) is 0 Å². The summed E-state index contributed by atoms with van der Waals surface area (Å²) in [5.41, 5.74) is 2.23. The predicted octanol–water partition coefficient (Wildman–Crippen LogP) is 3.82. The van der Waals surface area contributed by atoms with E-state index in [9.17, 15) is 0 Å². The Labute approximate surface area is 144 Å². The molecular formula is C19H27N5. The van der Waals surface area contributed by atoms with Crippen LogP contribution in [0.1, 0.15) is 31.2 Å². The molecule has 2 aromatic rings. The molecule has 24 heavy (non-hydrogen) atoms. The van der Waals surface area contributed by atoms with Crippen LogP contribution in [0.2, 0.25) is 0 Å². The summed E-state index contributed by atoms with van der Waals surface area (Å²) in [6, 6.07) is 10.1. The topological polar surface area (TPSA) is 53.1 Å². The predicted molar refractivity (Wildman–Crippen MR) is 99.9 cm³/mol. The van der Waals surface area contributed by atoms with Crippen LogP contribution in [0.5, 0.6) is 0 Å². The van der Waals surface area contributed by atoms with Gasteiger partial charge in [0.15, 0.2) is 0 Å². The van der Waals surface area contributed by atoms with Gasteiger partial charge in [-0.3, -0.25) is 0 Å². The molecule has 128 valence electrons. The normalized spacial score (nSPS) is 15.2. The van der Waals surface area contributed by atoms with E-state index in [2.05, 4.69) is 44.6 Å². The van der Waals surface area contributed by atoms with Gasteiger partial charge in [-0.15, -0.1) is 0 Å². The molecule has 0 saturated carbocycles. The Balaban J connectivity index is 1.46. The maximum absolute atomic E-state index is 4.54. The molecule has 2 N–H and O–H groups in total. The summed E-state index contributed by atoms with van der Waals surface area (Å²) in [5, 5.41) is 6.66. The van der Waals surface area contributed by atoms with Crippen LogP contribution in [-0.2, 0) is 0 Å². The first-order valence-corrected chi connectivity index (χ1v) is 8.92. The van der Waals surface area contributed by atoms with Crippen molar-refractivity contribution in [3.63, 3.8) is 0 Å². The molecule has 1 aromatic heterocycles. The summed E-state index contributed by atoms with van der Waals surface area (Å²) >= 11 is 0. The number of rotatable bonds is 7. The van der Waals surface area contributed by atoms with Crippen LogP contribution in [-0.4, -0.2) is 41.0 Å². The fourth-order valence-corrected chi connectivity index (χ4v) is 3.07. The van der Waals surface area contributed by atoms with Crippen molar-refractivity contribution in [2.45, 2.75) is 32.6 Å². The van der Waals surface area contributed by atoms with Crippen molar-refractivity contribution >= 4 is 17.5 Å². The average Bonchev–Trinajstić information content (AvgIpc) is 2.60. The van der Waals surface area contributed by atoms with Gasteiger partial charge in [-0.2, -0.15) is 4.98 Å². The molecule has 1 aliphatic rings. The third kappa shape index (κ3) is 5.20. The maximum Gasteiger partial charge on any atom is 0.229 e. The van der Waals surface area contributed by atoms with Crippen molar-refractivity contribution in [1.82, 2.24) is 14.9 Å². The van der Waals surface area contributed by atoms with Gasteiger partial charge in [-0.05, 0) is 69.6 Å². The van der Waals surface area contributed by atoms with Crippen LogP contribution in [0.15, 0.2) is 36.5 Å². The van der Waals surface area contributed by atoms with Gasteiger partial charge in [-0.1, -0.05) is 18.6 Å². The number of nitrogens with zero attached hydrogens (tertiary/aromatic N) is 3. The summed E-state index contributed by atoms with van der Waals surface area (Å²) in [6.45, 7) is 6.71. The lowest BCUT2D eigenvalue weighted by Gasteiger charge is -2.26. The fraction of sp³-hybridized carbons (Fsp3) is 0.474. The molecule has 0 amide bonds. The quantitative estimate of drug-likeness (QED) is 0.758. The minimum Gasteiger partial charge on any atom is -0.370 e. The zero-order valence-corrected chi connectivity index (χ0v) is 14.5. The summed E-state index contributed by atoms with van der Waals surface area (Å²) in [7, 11) is 0. The third-order valence-corrected chi connectivity index (χ3v) is 4.34. The molecule has 5 heteroatoms. The highest BCUT2D eigenvalue weighted by Gasteiger charge is 2.08. The molecule has 2 heterocycles. The molecule has 1 aromatic carbocycles. The van der Waals surface area contributed by atoms with Gasteiger partial charge in [0.05, 0.1) is 0 Å². The molecule has 1 fully saturated rings. The maximum atomic E-state index is 4.54. The van der Waals surface area contributed by atoms with Crippen molar-refractivity contribution in [2.75, 3.05) is 36.8 Å². The van der Waals surface area contributed by atoms with Gasteiger partial charge in [0.25, 0.3) is 0 Å². The number of piperidine rings is 1. The zero-order valence-electron chi connectivity index (χ0n) is 14.5. The lowest BCUT2D eigenvalue weighted by Crippen LogP contribution is -2.31. The van der Waals surface area contributed by atoms with E-state index < -0.39 is 0 Å². The van der Waals surface area contributed by atoms with E-state index in [4.69, 9.17) is 0 Å². The second-order valence-electron chi connectivity index (χ2n) is 6.44. The lowest BCUT2D eigenvalue weighted by molar-refractivity contribution is 0.228. The van der Waals surface area contributed by atoms with E-state index in [1.807, 2.05) is 18.2 Å². The smallest absolute Gasteiger partial charge is 0.229 e. The standard InChI is InChI=1S/C19H27N5/c1-16-7-5-8-17(15-16)22-19-21-11-9-18(23-19)20-10-6-14-24-12-3-2-4-13-24/h5,7-9,11,15H,2-4,6,10,12-14H2,1H3,(H2,20,21,22,23). The van der Waals surface area contributed by atoms with Crippen LogP contribution < -0.4 is 10.6 Å². The molecule has 0 atom stereocenters. The average molecular weight is 325 g/mol. The largest absolute Gasteiger partial charge is 0.370 e. The first-order valence-electron chi connectivity index (χ1n) is 8.92. The van der Waals surface area contributed by atoms with Crippen LogP contribution in [0, 0.1) is 6.92 Å². The Kier molecular flexibility index (Phi) is 6.01. The van der Waals surface area contributed by atoms with Crippen molar-refractivity contribution < 1.29 is 0 Å². The van der Waals surface area contributed by atoms with Crippen LogP contribution in [0.4, 0.5) is 17.5 Å². The van der Waals surface area contributed by atoms with Crippen molar-refractivity contribution in [3.05, 3.63) is 42.1 Å². The molecular weight excluding hydrogens is 298 g/mol. The van der Waals surface area contributed by atoms with E-state index in [1.54, 1.807) is 6.20 Å². The molecule has 0 aliphatic carbocycles. The Morgan fingerprint density at radius 3 is 2.83 bits per heavy atom. The molecule has 1 aliphatic heterocycles. The Morgan fingerprint density at radius 1 is 1.12 bits per heavy atom. The van der Waals surface area contributed by atoms with Crippen LogP contribution >= 0.6 is 0 Å². The molecule has 0 unspecified atom stereocenters. The first-order chi connectivity index (χ1) is 11.8. The van der Waals surface area contributed by atoms with Gasteiger partial charge in [0.2, 0.25) is 5.95 Å². The summed E-state index contributed by atoms with van der Waals surface area (Å²) in [4.78, 5) is 11.4. The van der Waals surface area contributed by atoms with E-state index in [1.165, 1.54) is 44.5 Å². The highest BCUT2D eigenvalue weighted by Crippen LogP contribution is 2.15. The number of hydrogen-bond acceptors (Lipinski definition) is 5. The SMILES string of the molecule is Cc1cccc(Nc2nccc(NCCCN3CCCCC3)n2)c1. The monoisotopic (exact) mass is 325 g/mol. The van der Waals surface area contributed by atoms with Gasteiger partial charge in [0.1, 0.15) is 5.82 Å². The van der Waals surface area contributed by atoms with Crippen molar-refractivity contribution in [3.8, 4) is 0 Å². The number of hydrogen-bond donors (Lipinski definition) is 2. The molecule has 3 rings (SSSR count). The summed E-state index contributed by atoms with van der Waals surface area (Å²) < 4.78 is 0. The number of aryl methyl sites for hydroxylation is 1. The fourth-order valence-electron chi connectivity index (χ4n) is 3.07. The number of benzene rings is 1. The van der Waals surface area contributed by atoms with E-state index in [0.29, 0.717) is 5.95 Å². The molecule has 1 saturated heterocycles.